The van der Waals surface area contributed by atoms with Gasteiger partial charge in [-0.1, -0.05) is 12.1 Å². The topological polar surface area (TPSA) is 98.2 Å². The summed E-state index contributed by atoms with van der Waals surface area (Å²) in [6.45, 7) is 0.438. The first-order valence-corrected chi connectivity index (χ1v) is 5.67. The molecule has 0 fully saturated rings. The van der Waals surface area contributed by atoms with Crippen molar-refractivity contribution >= 4 is 23.6 Å². The van der Waals surface area contributed by atoms with Crippen molar-refractivity contribution in [1.29, 1.82) is 0 Å². The van der Waals surface area contributed by atoms with Crippen molar-refractivity contribution in [2.24, 2.45) is 5.73 Å². The van der Waals surface area contributed by atoms with Gasteiger partial charge < -0.3 is 16.8 Å². The molecule has 0 aliphatic carbocycles. The Bertz CT molecular complexity index is 438. The number of benzene rings is 1. The number of nitrogen functional groups attached to an aromatic ring is 1. The van der Waals surface area contributed by atoms with Crippen LogP contribution < -0.4 is 16.8 Å². The zero-order valence-electron chi connectivity index (χ0n) is 10.1. The molecule has 1 aromatic carbocycles. The van der Waals surface area contributed by atoms with Gasteiger partial charge in [0.05, 0.1) is 0 Å². The summed E-state index contributed by atoms with van der Waals surface area (Å²) in [5, 5.41) is 2.66. The Hall–Kier alpha value is -2.30. The Kier molecular flexibility index (Phi) is 5.44. The predicted octanol–water partition coefficient (Wildman–Crippen LogP) is 0.664. The fraction of sp³-hybridized carbons (Fsp3) is 0.231. The molecule has 96 valence electrons. The lowest BCUT2D eigenvalue weighted by molar-refractivity contribution is -0.119. The third-order valence-corrected chi connectivity index (χ3v) is 2.26. The molecule has 1 aromatic rings. The molecule has 0 unspecified atom stereocenters. The van der Waals surface area contributed by atoms with E-state index in [0.29, 0.717) is 18.7 Å². The van der Waals surface area contributed by atoms with Crippen LogP contribution in [0.4, 0.5) is 5.69 Å². The molecule has 0 bridgehead atoms. The second kappa shape index (κ2) is 7.11. The van der Waals surface area contributed by atoms with Crippen molar-refractivity contribution in [2.75, 3.05) is 12.3 Å². The molecule has 0 radical (unpaired) electrons. The van der Waals surface area contributed by atoms with Crippen molar-refractivity contribution in [3.8, 4) is 0 Å². The van der Waals surface area contributed by atoms with Crippen LogP contribution in [-0.2, 0) is 9.59 Å². The largest absolute Gasteiger partial charge is 0.399 e. The smallest absolute Gasteiger partial charge is 0.243 e. The standard InChI is InChI=1S/C13H17N3O2/c14-11-6-3-10(4-7-11)5-8-13(18)16-9-1-2-12(15)17/h3-8H,1-2,9,14H2,(H2,15,17)(H,16,18)/b8-5+. The molecule has 0 aromatic heterocycles. The lowest BCUT2D eigenvalue weighted by atomic mass is 10.2. The van der Waals surface area contributed by atoms with E-state index in [2.05, 4.69) is 5.32 Å². The van der Waals surface area contributed by atoms with Crippen molar-refractivity contribution in [2.45, 2.75) is 12.8 Å². The minimum atomic E-state index is -0.360. The van der Waals surface area contributed by atoms with E-state index in [-0.39, 0.29) is 18.2 Å². The Morgan fingerprint density at radius 2 is 1.89 bits per heavy atom. The minimum Gasteiger partial charge on any atom is -0.399 e. The molecule has 5 nitrogen and oxygen atoms in total. The van der Waals surface area contributed by atoms with Crippen LogP contribution in [0.25, 0.3) is 6.08 Å². The monoisotopic (exact) mass is 247 g/mol. The third-order valence-electron chi connectivity index (χ3n) is 2.26. The molecule has 0 atom stereocenters. The number of anilines is 1. The van der Waals surface area contributed by atoms with Gasteiger partial charge in [0, 0.05) is 24.7 Å². The summed E-state index contributed by atoms with van der Waals surface area (Å²) in [5.41, 5.74) is 12.1. The van der Waals surface area contributed by atoms with Crippen molar-refractivity contribution in [1.82, 2.24) is 5.32 Å². The van der Waals surface area contributed by atoms with Crippen molar-refractivity contribution in [3.05, 3.63) is 35.9 Å². The second-order valence-electron chi connectivity index (χ2n) is 3.86. The van der Waals surface area contributed by atoms with Gasteiger partial charge in [0.25, 0.3) is 0 Å². The molecule has 0 spiro atoms. The third kappa shape index (κ3) is 5.69. The Labute approximate surface area is 106 Å². The highest BCUT2D eigenvalue weighted by Crippen LogP contribution is 2.06. The molecule has 0 saturated heterocycles. The Balaban J connectivity index is 2.31. The summed E-state index contributed by atoms with van der Waals surface area (Å²) in [7, 11) is 0. The molecule has 18 heavy (non-hydrogen) atoms. The van der Waals surface area contributed by atoms with Crippen LogP contribution in [0.1, 0.15) is 18.4 Å². The van der Waals surface area contributed by atoms with Gasteiger partial charge in [-0.25, -0.2) is 0 Å². The van der Waals surface area contributed by atoms with Gasteiger partial charge >= 0.3 is 0 Å². The normalized spacial score (nSPS) is 10.4. The number of nitrogens with two attached hydrogens (primary N) is 2. The van der Waals surface area contributed by atoms with Crippen LogP contribution in [0.15, 0.2) is 30.3 Å². The summed E-state index contributed by atoms with van der Waals surface area (Å²) >= 11 is 0. The molecule has 0 heterocycles. The van der Waals surface area contributed by atoms with Gasteiger partial charge in [0.1, 0.15) is 0 Å². The van der Waals surface area contributed by atoms with Crippen molar-refractivity contribution in [3.63, 3.8) is 0 Å². The van der Waals surface area contributed by atoms with E-state index in [1.165, 1.54) is 6.08 Å². The fourth-order valence-corrected chi connectivity index (χ4v) is 1.31. The second-order valence-corrected chi connectivity index (χ2v) is 3.86. The maximum absolute atomic E-state index is 11.4. The highest BCUT2D eigenvalue weighted by Gasteiger charge is 1.97. The first-order chi connectivity index (χ1) is 8.58. The van der Waals surface area contributed by atoms with E-state index in [4.69, 9.17) is 11.5 Å². The number of nitrogens with one attached hydrogen (secondary N) is 1. The summed E-state index contributed by atoms with van der Waals surface area (Å²) in [6, 6.07) is 7.19. The quantitative estimate of drug-likeness (QED) is 0.391. The van der Waals surface area contributed by atoms with Gasteiger partial charge in [-0.05, 0) is 30.2 Å². The maximum atomic E-state index is 11.4. The number of hydrogen-bond acceptors (Lipinski definition) is 3. The SMILES string of the molecule is NC(=O)CCCNC(=O)/C=C/c1ccc(N)cc1. The van der Waals surface area contributed by atoms with E-state index in [1.54, 1.807) is 18.2 Å². The fourth-order valence-electron chi connectivity index (χ4n) is 1.31. The van der Waals surface area contributed by atoms with Crippen LogP contribution in [-0.4, -0.2) is 18.4 Å². The van der Waals surface area contributed by atoms with E-state index in [9.17, 15) is 9.59 Å². The number of amides is 2. The molecule has 0 aliphatic heterocycles. The highest BCUT2D eigenvalue weighted by atomic mass is 16.1. The van der Waals surface area contributed by atoms with Gasteiger partial charge in [-0.15, -0.1) is 0 Å². The average Bonchev–Trinajstić information content (AvgIpc) is 2.34. The summed E-state index contributed by atoms with van der Waals surface area (Å²) < 4.78 is 0. The zero-order valence-corrected chi connectivity index (χ0v) is 10.1. The highest BCUT2D eigenvalue weighted by molar-refractivity contribution is 5.91. The van der Waals surface area contributed by atoms with Crippen LogP contribution >= 0.6 is 0 Å². The first-order valence-electron chi connectivity index (χ1n) is 5.67. The molecule has 0 aliphatic rings. The summed E-state index contributed by atoms with van der Waals surface area (Å²) in [6.07, 6.45) is 3.97. The average molecular weight is 247 g/mol. The minimum absolute atomic E-state index is 0.198. The number of hydrogen-bond donors (Lipinski definition) is 3. The molecule has 1 rings (SSSR count). The van der Waals surface area contributed by atoms with E-state index in [1.807, 2.05) is 12.1 Å². The Morgan fingerprint density at radius 1 is 1.22 bits per heavy atom. The molecular formula is C13H17N3O2. The van der Waals surface area contributed by atoms with Crippen molar-refractivity contribution < 1.29 is 9.59 Å². The molecule has 5 heteroatoms. The number of primary amides is 1. The van der Waals surface area contributed by atoms with E-state index >= 15 is 0 Å². The number of rotatable bonds is 6. The molecular weight excluding hydrogens is 230 g/mol. The summed E-state index contributed by atoms with van der Waals surface area (Å²) in [5.74, 6) is -0.557. The first kappa shape index (κ1) is 13.8. The van der Waals surface area contributed by atoms with Gasteiger partial charge in [0.2, 0.25) is 11.8 Å². The molecule has 2 amide bonds. The van der Waals surface area contributed by atoms with Crippen LogP contribution in [0.2, 0.25) is 0 Å². The van der Waals surface area contributed by atoms with Gasteiger partial charge in [0.15, 0.2) is 0 Å². The lowest BCUT2D eigenvalue weighted by Gasteiger charge is -2.00. The maximum Gasteiger partial charge on any atom is 0.243 e. The zero-order chi connectivity index (χ0) is 13.4. The summed E-state index contributed by atoms with van der Waals surface area (Å²) in [4.78, 5) is 21.9. The van der Waals surface area contributed by atoms with E-state index in [0.717, 1.165) is 5.56 Å². The lowest BCUT2D eigenvalue weighted by Crippen LogP contribution is -2.23. The molecule has 0 saturated carbocycles. The number of carbonyl (C=O) groups excluding carboxylic acids is 2. The van der Waals surface area contributed by atoms with Crippen LogP contribution in [0.5, 0.6) is 0 Å². The predicted molar refractivity (Wildman–Crippen MR) is 71.3 cm³/mol. The van der Waals surface area contributed by atoms with Gasteiger partial charge in [-0.3, -0.25) is 9.59 Å². The Morgan fingerprint density at radius 3 is 2.50 bits per heavy atom. The number of carbonyl (C=O) groups is 2. The van der Waals surface area contributed by atoms with Crippen LogP contribution in [0, 0.1) is 0 Å². The van der Waals surface area contributed by atoms with Gasteiger partial charge in [-0.2, -0.15) is 0 Å². The molecule has 5 N–H and O–H groups in total. The van der Waals surface area contributed by atoms with E-state index < -0.39 is 0 Å². The van der Waals surface area contributed by atoms with Crippen LogP contribution in [0.3, 0.4) is 0 Å².